The number of hydrogen-bond acceptors (Lipinski definition) is 2. The molecule has 110 valence electrons. The number of rotatable bonds is 3. The highest BCUT2D eigenvalue weighted by Crippen LogP contribution is 2.38. The smallest absolute Gasteiger partial charge is 0.340 e. The Balaban J connectivity index is 2.14. The lowest BCUT2D eigenvalue weighted by molar-refractivity contribution is 0.0695. The number of aromatic nitrogens is 2. The van der Waals surface area contributed by atoms with Crippen LogP contribution in [0.2, 0.25) is 5.15 Å². The van der Waals surface area contributed by atoms with Crippen LogP contribution >= 0.6 is 11.6 Å². The third-order valence-corrected chi connectivity index (χ3v) is 4.21. The van der Waals surface area contributed by atoms with Crippen LogP contribution in [0.1, 0.15) is 47.7 Å². The molecule has 0 bridgehead atoms. The van der Waals surface area contributed by atoms with Gasteiger partial charge in [-0.15, -0.1) is 0 Å². The van der Waals surface area contributed by atoms with Crippen molar-refractivity contribution in [3.05, 3.63) is 46.5 Å². The minimum absolute atomic E-state index is 0.0231. The molecular formula is C15H14ClFN2O2. The molecule has 0 spiro atoms. The topological polar surface area (TPSA) is 55.1 Å². The highest BCUT2D eigenvalue weighted by Gasteiger charge is 2.30. The van der Waals surface area contributed by atoms with Crippen molar-refractivity contribution in [2.75, 3.05) is 0 Å². The zero-order valence-electron chi connectivity index (χ0n) is 11.2. The predicted octanol–water partition coefficient (Wildman–Crippen LogP) is 4.02. The molecule has 0 saturated heterocycles. The summed E-state index contributed by atoms with van der Waals surface area (Å²) >= 11 is 6.19. The van der Waals surface area contributed by atoms with Gasteiger partial charge in [-0.25, -0.2) is 13.9 Å². The highest BCUT2D eigenvalue weighted by atomic mass is 35.5. The third-order valence-electron chi connectivity index (χ3n) is 3.86. The van der Waals surface area contributed by atoms with Crippen LogP contribution in [0.4, 0.5) is 4.39 Å². The maximum absolute atomic E-state index is 13.4. The summed E-state index contributed by atoms with van der Waals surface area (Å²) in [6.45, 7) is 0. The molecule has 3 rings (SSSR count). The Morgan fingerprint density at radius 1 is 1.38 bits per heavy atom. The SMILES string of the molecule is O=C(O)c1c(C2CCCC2)nn(-c2cccc(F)c2)c1Cl. The van der Waals surface area contributed by atoms with E-state index < -0.39 is 11.8 Å². The fourth-order valence-electron chi connectivity index (χ4n) is 2.87. The Morgan fingerprint density at radius 2 is 2.10 bits per heavy atom. The van der Waals surface area contributed by atoms with E-state index in [0.717, 1.165) is 25.7 Å². The molecule has 1 aromatic carbocycles. The van der Waals surface area contributed by atoms with E-state index in [1.165, 1.54) is 16.8 Å². The van der Waals surface area contributed by atoms with Gasteiger partial charge in [0, 0.05) is 5.92 Å². The predicted molar refractivity (Wildman–Crippen MR) is 76.7 cm³/mol. The van der Waals surface area contributed by atoms with Gasteiger partial charge >= 0.3 is 5.97 Å². The second-order valence-corrected chi connectivity index (χ2v) is 5.59. The molecule has 0 unspecified atom stereocenters. The Labute approximate surface area is 126 Å². The van der Waals surface area contributed by atoms with Crippen molar-refractivity contribution >= 4 is 17.6 Å². The van der Waals surface area contributed by atoms with Gasteiger partial charge in [-0.3, -0.25) is 0 Å². The average molecular weight is 309 g/mol. The molecule has 21 heavy (non-hydrogen) atoms. The molecule has 1 aliphatic rings. The van der Waals surface area contributed by atoms with Crippen molar-refractivity contribution < 1.29 is 14.3 Å². The lowest BCUT2D eigenvalue weighted by Gasteiger charge is -2.06. The van der Waals surface area contributed by atoms with E-state index in [0.29, 0.717) is 11.4 Å². The molecule has 6 heteroatoms. The van der Waals surface area contributed by atoms with E-state index in [1.54, 1.807) is 12.1 Å². The molecule has 2 aromatic rings. The summed E-state index contributed by atoms with van der Waals surface area (Å²) in [6.07, 6.45) is 3.95. The van der Waals surface area contributed by atoms with Crippen LogP contribution in [0.25, 0.3) is 5.69 Å². The van der Waals surface area contributed by atoms with E-state index in [1.807, 2.05) is 0 Å². The van der Waals surface area contributed by atoms with Gasteiger partial charge in [-0.05, 0) is 31.0 Å². The maximum atomic E-state index is 13.4. The minimum atomic E-state index is -1.09. The zero-order valence-corrected chi connectivity index (χ0v) is 12.0. The van der Waals surface area contributed by atoms with Crippen molar-refractivity contribution in [3.63, 3.8) is 0 Å². The van der Waals surface area contributed by atoms with Crippen LogP contribution < -0.4 is 0 Å². The molecule has 1 saturated carbocycles. The number of benzene rings is 1. The fraction of sp³-hybridized carbons (Fsp3) is 0.333. The molecule has 1 fully saturated rings. The van der Waals surface area contributed by atoms with Crippen LogP contribution in [0.15, 0.2) is 24.3 Å². The van der Waals surface area contributed by atoms with Gasteiger partial charge in [0.2, 0.25) is 0 Å². The number of carboxylic acids is 1. The van der Waals surface area contributed by atoms with Crippen LogP contribution in [-0.2, 0) is 0 Å². The lowest BCUT2D eigenvalue weighted by Crippen LogP contribution is -2.04. The van der Waals surface area contributed by atoms with Gasteiger partial charge < -0.3 is 5.11 Å². The van der Waals surface area contributed by atoms with E-state index in [-0.39, 0.29) is 16.6 Å². The van der Waals surface area contributed by atoms with Crippen LogP contribution in [0.5, 0.6) is 0 Å². The summed E-state index contributed by atoms with van der Waals surface area (Å²) < 4.78 is 14.7. The van der Waals surface area contributed by atoms with Gasteiger partial charge in [0.05, 0.1) is 11.4 Å². The monoisotopic (exact) mass is 308 g/mol. The molecule has 0 amide bonds. The molecule has 1 aliphatic carbocycles. The van der Waals surface area contributed by atoms with Gasteiger partial charge in [0.1, 0.15) is 16.5 Å². The van der Waals surface area contributed by atoms with E-state index in [9.17, 15) is 14.3 Å². The first-order valence-corrected chi connectivity index (χ1v) is 7.23. The minimum Gasteiger partial charge on any atom is -0.478 e. The van der Waals surface area contributed by atoms with Crippen LogP contribution in [0, 0.1) is 5.82 Å². The molecule has 4 nitrogen and oxygen atoms in total. The quantitative estimate of drug-likeness (QED) is 0.931. The Morgan fingerprint density at radius 3 is 2.71 bits per heavy atom. The first-order valence-electron chi connectivity index (χ1n) is 6.85. The zero-order chi connectivity index (χ0) is 15.0. The number of aromatic carboxylic acids is 1. The number of nitrogens with zero attached hydrogens (tertiary/aromatic N) is 2. The summed E-state index contributed by atoms with van der Waals surface area (Å²) in [4.78, 5) is 11.5. The van der Waals surface area contributed by atoms with Crippen LogP contribution in [-0.4, -0.2) is 20.9 Å². The first-order chi connectivity index (χ1) is 10.1. The second kappa shape index (κ2) is 5.48. The van der Waals surface area contributed by atoms with Crippen molar-refractivity contribution in [2.24, 2.45) is 0 Å². The Hall–Kier alpha value is -1.88. The summed E-state index contributed by atoms with van der Waals surface area (Å²) in [6, 6.07) is 5.78. The van der Waals surface area contributed by atoms with Crippen molar-refractivity contribution in [1.29, 1.82) is 0 Å². The molecule has 1 N–H and O–H groups in total. The van der Waals surface area contributed by atoms with Crippen molar-refractivity contribution in [3.8, 4) is 5.69 Å². The number of carbonyl (C=O) groups is 1. The largest absolute Gasteiger partial charge is 0.478 e. The summed E-state index contributed by atoms with van der Waals surface area (Å²) in [5.41, 5.74) is 0.967. The van der Waals surface area contributed by atoms with Gasteiger partial charge in [0.15, 0.2) is 0 Å². The third kappa shape index (κ3) is 2.53. The number of carboxylic acid groups (broad SMARTS) is 1. The van der Waals surface area contributed by atoms with Gasteiger partial charge in [-0.1, -0.05) is 30.5 Å². The Kier molecular flexibility index (Phi) is 3.68. The van der Waals surface area contributed by atoms with Crippen molar-refractivity contribution in [2.45, 2.75) is 31.6 Å². The number of halogens is 2. The standard InChI is InChI=1S/C15H14ClFN2O2/c16-14-12(15(20)21)13(9-4-1-2-5-9)18-19(14)11-7-3-6-10(17)8-11/h3,6-9H,1-2,4-5H2,(H,20,21). The van der Waals surface area contributed by atoms with E-state index in [4.69, 9.17) is 11.6 Å². The van der Waals surface area contributed by atoms with Crippen LogP contribution in [0.3, 0.4) is 0 Å². The van der Waals surface area contributed by atoms with E-state index >= 15 is 0 Å². The normalized spacial score (nSPS) is 15.5. The molecule has 0 atom stereocenters. The second-order valence-electron chi connectivity index (χ2n) is 5.23. The van der Waals surface area contributed by atoms with Gasteiger partial charge in [0.25, 0.3) is 0 Å². The highest BCUT2D eigenvalue weighted by molar-refractivity contribution is 6.33. The summed E-state index contributed by atoms with van der Waals surface area (Å²) in [5, 5.41) is 13.8. The molecule has 0 aliphatic heterocycles. The van der Waals surface area contributed by atoms with Crippen molar-refractivity contribution in [1.82, 2.24) is 9.78 Å². The summed E-state index contributed by atoms with van der Waals surface area (Å²) in [5.74, 6) is -1.40. The lowest BCUT2D eigenvalue weighted by atomic mass is 10.0. The molecular weight excluding hydrogens is 295 g/mol. The maximum Gasteiger partial charge on any atom is 0.340 e. The number of hydrogen-bond donors (Lipinski definition) is 1. The molecule has 1 aromatic heterocycles. The Bertz CT molecular complexity index is 693. The summed E-state index contributed by atoms with van der Waals surface area (Å²) in [7, 11) is 0. The van der Waals surface area contributed by atoms with Gasteiger partial charge in [-0.2, -0.15) is 5.10 Å². The average Bonchev–Trinajstić information content (AvgIpc) is 3.05. The first kappa shape index (κ1) is 14.1. The molecule has 0 radical (unpaired) electrons. The van der Waals surface area contributed by atoms with E-state index in [2.05, 4.69) is 5.10 Å². The fourth-order valence-corrected chi connectivity index (χ4v) is 3.19. The molecule has 1 heterocycles.